The summed E-state index contributed by atoms with van der Waals surface area (Å²) in [4.78, 5) is 4.31. The van der Waals surface area contributed by atoms with Gasteiger partial charge in [-0.2, -0.15) is 5.26 Å². The molecule has 1 aromatic heterocycles. The van der Waals surface area contributed by atoms with Crippen LogP contribution in [0.1, 0.15) is 11.9 Å². The number of aromatic nitrogens is 1. The predicted octanol–water partition coefficient (Wildman–Crippen LogP) is 3.72. The molecule has 0 fully saturated rings. The minimum absolute atomic E-state index is 0.131. The van der Waals surface area contributed by atoms with Gasteiger partial charge in [-0.1, -0.05) is 12.1 Å². The normalized spacial score (nSPS) is 14.2. The van der Waals surface area contributed by atoms with Crippen LogP contribution >= 0.6 is 22.9 Å². The van der Waals surface area contributed by atoms with Gasteiger partial charge in [-0.3, -0.25) is 0 Å². The molecular weight excluding hydrogens is 256 g/mol. The van der Waals surface area contributed by atoms with E-state index in [2.05, 4.69) is 4.98 Å². The average Bonchev–Trinajstić information content (AvgIpc) is 2.72. The lowest BCUT2D eigenvalue weighted by atomic mass is 10.2. The molecule has 1 heterocycles. The highest BCUT2D eigenvalue weighted by molar-refractivity contribution is 7.19. The number of nitrogens with zero attached hydrogens (tertiary/aromatic N) is 2. The second-order valence-corrected chi connectivity index (χ2v) is 5.16. The van der Waals surface area contributed by atoms with Gasteiger partial charge in [0.05, 0.1) is 15.6 Å². The van der Waals surface area contributed by atoms with Gasteiger partial charge in [0.25, 0.3) is 0 Å². The zero-order chi connectivity index (χ0) is 12.4. The third-order valence-corrected chi connectivity index (χ3v) is 3.51. The smallest absolute Gasteiger partial charge is 0.138 e. The number of rotatable bonds is 2. The van der Waals surface area contributed by atoms with Gasteiger partial charge in [0.1, 0.15) is 22.4 Å². The Morgan fingerprint density at radius 2 is 2.24 bits per heavy atom. The second-order valence-electron chi connectivity index (χ2n) is 3.47. The highest BCUT2D eigenvalue weighted by Crippen LogP contribution is 2.29. The van der Waals surface area contributed by atoms with Crippen molar-refractivity contribution in [2.24, 2.45) is 0 Å². The monoisotopic (exact) mass is 264 g/mol. The summed E-state index contributed by atoms with van der Waals surface area (Å²) in [5.74, 6) is -0.131. The molecule has 0 aliphatic rings. The van der Waals surface area contributed by atoms with E-state index in [9.17, 15) is 5.11 Å². The lowest BCUT2D eigenvalue weighted by molar-refractivity contribution is 0.400. The number of thiazole rings is 1. The summed E-state index contributed by atoms with van der Waals surface area (Å²) in [6.07, 6.45) is 0. The molecule has 3 nitrogen and oxygen atoms in total. The number of halogens is 1. The maximum atomic E-state index is 9.76. The van der Waals surface area contributed by atoms with Crippen molar-refractivity contribution in [3.8, 4) is 6.07 Å². The first-order valence-electron chi connectivity index (χ1n) is 4.96. The topological polar surface area (TPSA) is 56.9 Å². The van der Waals surface area contributed by atoms with Crippen LogP contribution in [-0.4, -0.2) is 15.5 Å². The minimum atomic E-state index is -0.600. The molecule has 1 atom stereocenters. The molecule has 0 saturated carbocycles. The number of aliphatic hydroxyl groups is 1. The Morgan fingerprint density at radius 3 is 2.82 bits per heavy atom. The Hall–Kier alpha value is -1.57. The van der Waals surface area contributed by atoms with Crippen molar-refractivity contribution in [3.05, 3.63) is 35.0 Å². The van der Waals surface area contributed by atoms with Crippen molar-refractivity contribution in [1.29, 1.82) is 5.26 Å². The van der Waals surface area contributed by atoms with E-state index in [0.717, 1.165) is 10.2 Å². The quantitative estimate of drug-likeness (QED) is 0.511. The summed E-state index contributed by atoms with van der Waals surface area (Å²) in [7, 11) is 0. The molecule has 1 unspecified atom stereocenters. The number of fused-ring (bicyclic) bond motifs is 1. The molecule has 0 bridgehead atoms. The zero-order valence-electron chi connectivity index (χ0n) is 9.01. The van der Waals surface area contributed by atoms with Crippen molar-refractivity contribution in [1.82, 2.24) is 4.98 Å². The van der Waals surface area contributed by atoms with E-state index in [0.29, 0.717) is 5.01 Å². The van der Waals surface area contributed by atoms with Gasteiger partial charge in [-0.15, -0.1) is 22.9 Å². The van der Waals surface area contributed by atoms with Crippen molar-refractivity contribution >= 4 is 38.7 Å². The SMILES string of the molecule is CC(Cl)/C(O)=C(/C#N)c1nc2ccccc2s1. The summed E-state index contributed by atoms with van der Waals surface area (Å²) < 4.78 is 0.977. The summed E-state index contributed by atoms with van der Waals surface area (Å²) in [6, 6.07) is 9.53. The van der Waals surface area contributed by atoms with Gasteiger partial charge in [0, 0.05) is 0 Å². The number of para-hydroxylation sites is 1. The molecule has 2 aromatic rings. The van der Waals surface area contributed by atoms with E-state index >= 15 is 0 Å². The lowest BCUT2D eigenvalue weighted by Gasteiger charge is -2.02. The Kier molecular flexibility index (Phi) is 3.32. The summed E-state index contributed by atoms with van der Waals surface area (Å²) in [5, 5.41) is 18.7. The number of allylic oxidation sites excluding steroid dienone is 2. The minimum Gasteiger partial charge on any atom is -0.509 e. The van der Waals surface area contributed by atoms with Gasteiger partial charge in [0.15, 0.2) is 0 Å². The molecule has 0 aliphatic carbocycles. The molecule has 1 N–H and O–H groups in total. The summed E-state index contributed by atoms with van der Waals surface area (Å²) in [5.41, 5.74) is 0.962. The van der Waals surface area contributed by atoms with Crippen LogP contribution in [0.5, 0.6) is 0 Å². The standard InChI is InChI=1S/C12H9ClN2OS/c1-7(13)11(16)8(6-14)12-15-9-4-2-3-5-10(9)17-12/h2-5,7,16H,1H3/b11-8+. The molecule has 17 heavy (non-hydrogen) atoms. The van der Waals surface area contributed by atoms with Crippen molar-refractivity contribution < 1.29 is 5.11 Å². The van der Waals surface area contributed by atoms with E-state index in [4.69, 9.17) is 16.9 Å². The van der Waals surface area contributed by atoms with Crippen LogP contribution in [0.4, 0.5) is 0 Å². The Morgan fingerprint density at radius 1 is 1.53 bits per heavy atom. The van der Waals surface area contributed by atoms with Crippen LogP contribution < -0.4 is 0 Å². The van der Waals surface area contributed by atoms with Gasteiger partial charge in [-0.05, 0) is 19.1 Å². The summed E-state index contributed by atoms with van der Waals surface area (Å²) >= 11 is 7.13. The number of aliphatic hydroxyl groups excluding tert-OH is 1. The van der Waals surface area contributed by atoms with Crippen LogP contribution in [0, 0.1) is 11.3 Å². The van der Waals surface area contributed by atoms with E-state index in [1.54, 1.807) is 6.92 Å². The zero-order valence-corrected chi connectivity index (χ0v) is 10.6. The largest absolute Gasteiger partial charge is 0.509 e. The third-order valence-electron chi connectivity index (χ3n) is 2.25. The Balaban J connectivity index is 2.60. The van der Waals surface area contributed by atoms with Crippen LogP contribution in [0.25, 0.3) is 15.8 Å². The molecule has 0 amide bonds. The lowest BCUT2D eigenvalue weighted by Crippen LogP contribution is -1.99. The van der Waals surface area contributed by atoms with Crippen molar-refractivity contribution in [2.75, 3.05) is 0 Å². The second kappa shape index (κ2) is 4.74. The highest BCUT2D eigenvalue weighted by atomic mass is 35.5. The highest BCUT2D eigenvalue weighted by Gasteiger charge is 2.16. The molecule has 5 heteroatoms. The average molecular weight is 265 g/mol. The Bertz CT molecular complexity index is 592. The fourth-order valence-corrected chi connectivity index (χ4v) is 2.47. The van der Waals surface area contributed by atoms with Gasteiger partial charge in [0.2, 0.25) is 0 Å². The van der Waals surface area contributed by atoms with Gasteiger partial charge >= 0.3 is 0 Å². The maximum absolute atomic E-state index is 9.76. The first-order valence-corrected chi connectivity index (χ1v) is 6.22. The first kappa shape index (κ1) is 11.9. The number of hydrogen-bond donors (Lipinski definition) is 1. The number of benzene rings is 1. The molecule has 1 aromatic carbocycles. The van der Waals surface area contributed by atoms with Crippen molar-refractivity contribution in [3.63, 3.8) is 0 Å². The van der Waals surface area contributed by atoms with E-state index in [1.165, 1.54) is 11.3 Å². The van der Waals surface area contributed by atoms with E-state index < -0.39 is 5.38 Å². The van der Waals surface area contributed by atoms with Crippen LogP contribution in [0.2, 0.25) is 0 Å². The summed E-state index contributed by atoms with van der Waals surface area (Å²) in [6.45, 7) is 1.61. The molecule has 0 aliphatic heterocycles. The van der Waals surface area contributed by atoms with Crippen LogP contribution in [0.15, 0.2) is 30.0 Å². The number of hydrogen-bond acceptors (Lipinski definition) is 4. The van der Waals surface area contributed by atoms with Crippen LogP contribution in [0.3, 0.4) is 0 Å². The molecule has 0 spiro atoms. The Labute approximate surface area is 108 Å². The molecule has 86 valence electrons. The number of alkyl halides is 1. The molecular formula is C12H9ClN2OS. The predicted molar refractivity (Wildman–Crippen MR) is 70.1 cm³/mol. The fourth-order valence-electron chi connectivity index (χ4n) is 1.39. The van der Waals surface area contributed by atoms with Crippen molar-refractivity contribution in [2.45, 2.75) is 12.3 Å². The molecule has 2 rings (SSSR count). The van der Waals surface area contributed by atoms with Gasteiger partial charge < -0.3 is 5.11 Å². The van der Waals surface area contributed by atoms with E-state index in [1.807, 2.05) is 30.3 Å². The van der Waals surface area contributed by atoms with E-state index in [-0.39, 0.29) is 11.3 Å². The fraction of sp³-hybridized carbons (Fsp3) is 0.167. The third kappa shape index (κ3) is 2.26. The molecule has 0 saturated heterocycles. The maximum Gasteiger partial charge on any atom is 0.138 e. The molecule has 0 radical (unpaired) electrons. The number of nitriles is 1. The van der Waals surface area contributed by atoms with Crippen LogP contribution in [-0.2, 0) is 0 Å². The van der Waals surface area contributed by atoms with Gasteiger partial charge in [-0.25, -0.2) is 4.98 Å². The first-order chi connectivity index (χ1) is 8.13.